The van der Waals surface area contributed by atoms with Crippen molar-refractivity contribution < 1.29 is 24.7 Å². The van der Waals surface area contributed by atoms with Gasteiger partial charge in [0.15, 0.2) is 5.78 Å². The number of rotatable bonds is 14. The summed E-state index contributed by atoms with van der Waals surface area (Å²) in [5.41, 5.74) is 7.16. The molecule has 0 aliphatic carbocycles. The molecule has 0 heterocycles. The fraction of sp³-hybridized carbons (Fsp3) is 0.542. The first kappa shape index (κ1) is 28.4. The average Bonchev–Trinajstić information content (AvgIpc) is 2.84. The fourth-order valence-electron chi connectivity index (χ4n) is 4.24. The van der Waals surface area contributed by atoms with Gasteiger partial charge in [0, 0.05) is 0 Å². The minimum atomic E-state index is -2.14. The second kappa shape index (κ2) is 13.2. The van der Waals surface area contributed by atoms with Crippen molar-refractivity contribution in [2.75, 3.05) is 6.61 Å². The molecule has 9 nitrogen and oxygen atoms in total. The number of aliphatic hydroxyl groups is 1. The summed E-state index contributed by atoms with van der Waals surface area (Å²) in [6, 6.07) is 9.27. The summed E-state index contributed by atoms with van der Waals surface area (Å²) in [5.74, 6) is 1.68. The van der Waals surface area contributed by atoms with E-state index in [0.29, 0.717) is 12.8 Å². The number of Topliss-reactive ketones (excluding diaryl/α,β-unsaturated/α-hetero) is 1. The van der Waals surface area contributed by atoms with Crippen LogP contribution in [0.25, 0.3) is 6.08 Å². The van der Waals surface area contributed by atoms with E-state index in [1.807, 2.05) is 51.1 Å². The van der Waals surface area contributed by atoms with Gasteiger partial charge in [-0.05, 0) is 30.7 Å². The standard InChI is InChI=1S/C24H38N4O5/c1-4-14-23(22(32)27-26,15-17(3)5-2)21(31)24(25,16-29)19(20(30)28-33)13-9-12-18-10-7-6-8-11-18/h6-12,17,19,29,33H,4-5,13-16,25-26H2,1-3H3,(H,27,32)(H,28,30)/b12-9+/t17?,19-,23?,24+/m1/s1. The summed E-state index contributed by atoms with van der Waals surface area (Å²) in [7, 11) is 0. The van der Waals surface area contributed by atoms with Crippen molar-refractivity contribution in [1.29, 1.82) is 0 Å². The number of aliphatic hydroxyl groups excluding tert-OH is 1. The molecule has 0 aliphatic heterocycles. The molecule has 0 fully saturated rings. The van der Waals surface area contributed by atoms with Crippen LogP contribution >= 0.6 is 0 Å². The van der Waals surface area contributed by atoms with Gasteiger partial charge >= 0.3 is 0 Å². The number of amides is 2. The Hall–Kier alpha value is -2.59. The maximum atomic E-state index is 14.0. The number of hydroxylamine groups is 1. The summed E-state index contributed by atoms with van der Waals surface area (Å²) in [6.07, 6.45) is 4.80. The van der Waals surface area contributed by atoms with Crippen LogP contribution < -0.4 is 22.5 Å². The minimum Gasteiger partial charge on any atom is -0.394 e. The molecule has 0 saturated carbocycles. The van der Waals surface area contributed by atoms with E-state index in [1.54, 1.807) is 17.6 Å². The van der Waals surface area contributed by atoms with Crippen LogP contribution in [0, 0.1) is 17.3 Å². The normalized spacial score (nSPS) is 16.9. The Morgan fingerprint density at radius 1 is 1.18 bits per heavy atom. The molecular weight excluding hydrogens is 424 g/mol. The smallest absolute Gasteiger partial charge is 0.249 e. The van der Waals surface area contributed by atoms with Crippen LogP contribution in [0.1, 0.15) is 58.4 Å². The van der Waals surface area contributed by atoms with Gasteiger partial charge in [0.05, 0.1) is 12.5 Å². The van der Waals surface area contributed by atoms with Gasteiger partial charge in [-0.2, -0.15) is 0 Å². The number of nitrogens with one attached hydrogen (secondary N) is 2. The molecule has 0 radical (unpaired) electrons. The van der Waals surface area contributed by atoms with Crippen LogP contribution in [0.15, 0.2) is 36.4 Å². The van der Waals surface area contributed by atoms with Crippen LogP contribution in [-0.2, 0) is 14.4 Å². The molecule has 33 heavy (non-hydrogen) atoms. The van der Waals surface area contributed by atoms with Gasteiger partial charge in [-0.25, -0.2) is 11.3 Å². The number of ketones is 1. The molecule has 2 amide bonds. The molecule has 0 aliphatic rings. The van der Waals surface area contributed by atoms with E-state index in [2.05, 4.69) is 5.43 Å². The molecular formula is C24H38N4O5. The number of benzene rings is 1. The largest absolute Gasteiger partial charge is 0.394 e. The Morgan fingerprint density at radius 3 is 2.30 bits per heavy atom. The highest BCUT2D eigenvalue weighted by atomic mass is 16.5. The van der Waals surface area contributed by atoms with Gasteiger partial charge < -0.3 is 10.8 Å². The lowest BCUT2D eigenvalue weighted by Crippen LogP contribution is -2.67. The van der Waals surface area contributed by atoms with E-state index < -0.39 is 41.1 Å². The average molecular weight is 463 g/mol. The summed E-state index contributed by atoms with van der Waals surface area (Å²) in [5, 5.41) is 19.6. The Bertz CT molecular complexity index is 816. The van der Waals surface area contributed by atoms with Crippen LogP contribution in [-0.4, -0.2) is 40.1 Å². The molecule has 184 valence electrons. The van der Waals surface area contributed by atoms with Crippen molar-refractivity contribution >= 4 is 23.7 Å². The van der Waals surface area contributed by atoms with Crippen molar-refractivity contribution in [2.45, 2.75) is 58.4 Å². The predicted octanol–water partition coefficient (Wildman–Crippen LogP) is 1.68. The topological polar surface area (TPSA) is 168 Å². The Morgan fingerprint density at radius 2 is 1.82 bits per heavy atom. The molecule has 1 rings (SSSR count). The second-order valence-corrected chi connectivity index (χ2v) is 8.63. The Labute approximate surface area is 195 Å². The molecule has 8 N–H and O–H groups in total. The second-order valence-electron chi connectivity index (χ2n) is 8.63. The molecule has 1 aromatic rings. The number of carbonyl (C=O) groups excluding carboxylic acids is 3. The SMILES string of the molecule is CCCC(CC(C)CC)(C(=O)NN)C(=O)[C@](N)(CO)[C@H](C/C=C/c1ccccc1)C(=O)NO. The van der Waals surface area contributed by atoms with Crippen LogP contribution in [0.5, 0.6) is 0 Å². The monoisotopic (exact) mass is 462 g/mol. The molecule has 0 aromatic heterocycles. The van der Waals surface area contributed by atoms with Crippen LogP contribution in [0.2, 0.25) is 0 Å². The van der Waals surface area contributed by atoms with Gasteiger partial charge in [-0.15, -0.1) is 0 Å². The van der Waals surface area contributed by atoms with Gasteiger partial charge in [0.2, 0.25) is 11.8 Å². The van der Waals surface area contributed by atoms with E-state index in [9.17, 15) is 24.7 Å². The molecule has 0 spiro atoms. The summed E-state index contributed by atoms with van der Waals surface area (Å²) < 4.78 is 0. The number of hydrazine groups is 1. The van der Waals surface area contributed by atoms with Gasteiger partial charge in [0.25, 0.3) is 0 Å². The third-order valence-electron chi connectivity index (χ3n) is 6.29. The summed E-state index contributed by atoms with van der Waals surface area (Å²) in [4.78, 5) is 39.6. The maximum Gasteiger partial charge on any atom is 0.249 e. The predicted molar refractivity (Wildman–Crippen MR) is 126 cm³/mol. The third kappa shape index (κ3) is 6.70. The van der Waals surface area contributed by atoms with E-state index >= 15 is 0 Å². The lowest BCUT2D eigenvalue weighted by atomic mass is 9.63. The highest BCUT2D eigenvalue weighted by Gasteiger charge is 2.56. The van der Waals surface area contributed by atoms with E-state index in [1.165, 1.54) is 0 Å². The first-order valence-corrected chi connectivity index (χ1v) is 11.3. The first-order valence-electron chi connectivity index (χ1n) is 11.3. The zero-order valence-corrected chi connectivity index (χ0v) is 19.7. The number of hydrogen-bond acceptors (Lipinski definition) is 7. The lowest BCUT2D eigenvalue weighted by molar-refractivity contribution is -0.154. The third-order valence-corrected chi connectivity index (χ3v) is 6.29. The number of allylic oxidation sites excluding steroid dienone is 1. The van der Waals surface area contributed by atoms with Crippen molar-refractivity contribution in [2.24, 2.45) is 28.8 Å². The number of hydrogen-bond donors (Lipinski definition) is 6. The minimum absolute atomic E-state index is 0.0242. The van der Waals surface area contributed by atoms with Crippen LogP contribution in [0.4, 0.5) is 0 Å². The lowest BCUT2D eigenvalue weighted by Gasteiger charge is -2.42. The van der Waals surface area contributed by atoms with Gasteiger partial charge in [0.1, 0.15) is 11.0 Å². The highest BCUT2D eigenvalue weighted by Crippen LogP contribution is 2.40. The van der Waals surface area contributed by atoms with Gasteiger partial charge in [-0.3, -0.25) is 25.0 Å². The summed E-state index contributed by atoms with van der Waals surface area (Å²) >= 11 is 0. The molecule has 4 atom stereocenters. The van der Waals surface area contributed by atoms with Crippen LogP contribution in [0.3, 0.4) is 0 Å². The van der Waals surface area contributed by atoms with E-state index in [0.717, 1.165) is 5.56 Å². The number of nitrogens with two attached hydrogens (primary N) is 2. The quantitative estimate of drug-likeness (QED) is 0.0803. The first-order chi connectivity index (χ1) is 15.7. The van der Waals surface area contributed by atoms with Crippen molar-refractivity contribution in [3.05, 3.63) is 42.0 Å². The van der Waals surface area contributed by atoms with E-state index in [4.69, 9.17) is 11.6 Å². The molecule has 1 aromatic carbocycles. The fourth-order valence-corrected chi connectivity index (χ4v) is 4.24. The van der Waals surface area contributed by atoms with Crippen molar-refractivity contribution in [3.8, 4) is 0 Å². The molecule has 2 unspecified atom stereocenters. The molecule has 9 heteroatoms. The maximum absolute atomic E-state index is 14.0. The van der Waals surface area contributed by atoms with Crippen molar-refractivity contribution in [1.82, 2.24) is 10.9 Å². The highest BCUT2D eigenvalue weighted by molar-refractivity contribution is 6.11. The zero-order chi connectivity index (χ0) is 25.1. The van der Waals surface area contributed by atoms with Crippen molar-refractivity contribution in [3.63, 3.8) is 0 Å². The van der Waals surface area contributed by atoms with Gasteiger partial charge in [-0.1, -0.05) is 76.1 Å². The Balaban J connectivity index is 3.49. The zero-order valence-electron chi connectivity index (χ0n) is 19.7. The van der Waals surface area contributed by atoms with E-state index in [-0.39, 0.29) is 25.2 Å². The Kier molecular flexibility index (Phi) is 11.4. The molecule has 0 bridgehead atoms. The summed E-state index contributed by atoms with van der Waals surface area (Å²) in [6.45, 7) is 4.76. The molecule has 0 saturated heterocycles. The number of carbonyl (C=O) groups is 3.